The van der Waals surface area contributed by atoms with E-state index < -0.39 is 13.7 Å². The minimum Gasteiger partial charge on any atom is -0.448 e. The number of aliphatic hydroxyl groups is 1. The highest BCUT2D eigenvalue weighted by Gasteiger charge is 2.51. The van der Waals surface area contributed by atoms with Crippen molar-refractivity contribution >= 4 is 19.4 Å². The lowest BCUT2D eigenvalue weighted by atomic mass is 9.80. The highest BCUT2D eigenvalue weighted by atomic mass is 28.3. The largest absolute Gasteiger partial charge is 0.448 e. The Morgan fingerprint density at radius 2 is 1.50 bits per heavy atom. The molecule has 36 heavy (non-hydrogen) atoms. The van der Waals surface area contributed by atoms with Crippen LogP contribution in [0.15, 0.2) is 72.8 Å². The molecule has 4 nitrogen and oxygen atoms in total. The molecule has 2 aliphatic heterocycles. The molecular weight excluding hydrogens is 462 g/mol. The van der Waals surface area contributed by atoms with Crippen molar-refractivity contribution in [1.29, 1.82) is 0 Å². The summed E-state index contributed by atoms with van der Waals surface area (Å²) in [6, 6.07) is 25.4. The number of fused-ring (bicyclic) bond motifs is 5. The van der Waals surface area contributed by atoms with Crippen molar-refractivity contribution in [3.63, 3.8) is 0 Å². The molecule has 5 heteroatoms. The van der Waals surface area contributed by atoms with Crippen LogP contribution in [0.25, 0.3) is 11.1 Å². The molecule has 3 aromatic carbocycles. The number of hydrogen-bond acceptors (Lipinski definition) is 3. The molecular formula is C31H35NO3Si. The lowest BCUT2D eigenvalue weighted by molar-refractivity contribution is -0.0530. The van der Waals surface area contributed by atoms with E-state index in [1.807, 2.05) is 4.90 Å². The molecule has 2 saturated heterocycles. The van der Waals surface area contributed by atoms with Gasteiger partial charge in [-0.05, 0) is 40.7 Å². The topological polar surface area (TPSA) is 49.8 Å². The van der Waals surface area contributed by atoms with Gasteiger partial charge >= 0.3 is 6.09 Å². The number of piperidine rings is 1. The lowest BCUT2D eigenvalue weighted by Gasteiger charge is -2.43. The second kappa shape index (κ2) is 8.60. The minimum absolute atomic E-state index is 0.0138. The van der Waals surface area contributed by atoms with Crippen LogP contribution in [0.4, 0.5) is 4.79 Å². The van der Waals surface area contributed by atoms with Crippen LogP contribution in [0.3, 0.4) is 0 Å². The van der Waals surface area contributed by atoms with Gasteiger partial charge in [-0.2, -0.15) is 0 Å². The molecule has 1 aliphatic carbocycles. The summed E-state index contributed by atoms with van der Waals surface area (Å²) in [7, 11) is -1.48. The number of amides is 1. The summed E-state index contributed by atoms with van der Waals surface area (Å²) in [5.74, 6) is 0.0602. The molecule has 1 amide bonds. The fourth-order valence-corrected chi connectivity index (χ4v) is 7.89. The second-order valence-electron chi connectivity index (χ2n) is 11.9. The van der Waals surface area contributed by atoms with Gasteiger partial charge in [0.05, 0.1) is 13.7 Å². The van der Waals surface area contributed by atoms with E-state index in [0.29, 0.717) is 19.4 Å². The number of benzene rings is 3. The highest BCUT2D eigenvalue weighted by molar-refractivity contribution is 6.88. The summed E-state index contributed by atoms with van der Waals surface area (Å²) >= 11 is 0. The van der Waals surface area contributed by atoms with Crippen molar-refractivity contribution in [3.05, 3.63) is 89.5 Å². The maximum Gasteiger partial charge on any atom is 0.410 e. The van der Waals surface area contributed by atoms with Crippen molar-refractivity contribution in [2.45, 2.75) is 68.9 Å². The van der Waals surface area contributed by atoms with Crippen LogP contribution in [0, 0.1) is 0 Å². The standard InChI is InChI=1S/C31H35NO3Si/c1-36(2,3)24-10-8-9-21(17-24)31(34)18-22-15-16-23(19-31)32(22)30(33)35-20-29-27-13-6-4-11-25(27)26-12-5-7-14-28(26)29/h4-14,17,22-23,29,34H,15-16,18-20H2,1-3H3. The van der Waals surface area contributed by atoms with Crippen molar-refractivity contribution < 1.29 is 14.6 Å². The van der Waals surface area contributed by atoms with Gasteiger partial charge in [-0.3, -0.25) is 0 Å². The third-order valence-corrected chi connectivity index (χ3v) is 10.6. The zero-order valence-electron chi connectivity index (χ0n) is 21.4. The smallest absolute Gasteiger partial charge is 0.410 e. The highest BCUT2D eigenvalue weighted by Crippen LogP contribution is 2.47. The van der Waals surface area contributed by atoms with E-state index in [1.165, 1.54) is 27.4 Å². The molecule has 1 N–H and O–H groups in total. The Labute approximate surface area is 214 Å². The zero-order valence-corrected chi connectivity index (χ0v) is 22.4. The van der Waals surface area contributed by atoms with Crippen LogP contribution >= 0.6 is 0 Å². The summed E-state index contributed by atoms with van der Waals surface area (Å²) in [5.41, 5.74) is 5.04. The molecule has 0 spiro atoms. The van der Waals surface area contributed by atoms with Crippen LogP contribution in [0.1, 0.15) is 48.3 Å². The van der Waals surface area contributed by atoms with Crippen molar-refractivity contribution in [1.82, 2.24) is 4.90 Å². The lowest BCUT2D eigenvalue weighted by Crippen LogP contribution is -2.52. The van der Waals surface area contributed by atoms with E-state index in [9.17, 15) is 9.90 Å². The summed E-state index contributed by atoms with van der Waals surface area (Å²) in [6.45, 7) is 7.34. The predicted octanol–water partition coefficient (Wildman–Crippen LogP) is 6.00. The van der Waals surface area contributed by atoms with E-state index in [-0.39, 0.29) is 24.1 Å². The third kappa shape index (κ3) is 3.89. The fourth-order valence-electron chi connectivity index (χ4n) is 6.70. The first-order valence-electron chi connectivity index (χ1n) is 13.2. The number of ether oxygens (including phenoxy) is 1. The fraction of sp³-hybridized carbons (Fsp3) is 0.387. The van der Waals surface area contributed by atoms with E-state index in [0.717, 1.165) is 18.4 Å². The molecule has 6 rings (SSSR count). The van der Waals surface area contributed by atoms with Crippen LogP contribution < -0.4 is 5.19 Å². The molecule has 2 heterocycles. The first-order valence-corrected chi connectivity index (χ1v) is 16.7. The maximum absolute atomic E-state index is 13.4. The number of carbonyl (C=O) groups excluding carboxylic acids is 1. The van der Waals surface area contributed by atoms with E-state index in [2.05, 4.69) is 92.4 Å². The van der Waals surface area contributed by atoms with Gasteiger partial charge < -0.3 is 14.7 Å². The van der Waals surface area contributed by atoms with Crippen molar-refractivity contribution in [2.24, 2.45) is 0 Å². The van der Waals surface area contributed by atoms with Gasteiger partial charge in [-0.1, -0.05) is 97.6 Å². The number of hydrogen-bond donors (Lipinski definition) is 1. The normalized spacial score (nSPS) is 24.9. The van der Waals surface area contributed by atoms with Crippen LogP contribution in [-0.4, -0.2) is 42.9 Å². The van der Waals surface area contributed by atoms with Gasteiger partial charge in [-0.25, -0.2) is 4.79 Å². The molecule has 3 aliphatic rings. The van der Waals surface area contributed by atoms with Gasteiger partial charge in [-0.15, -0.1) is 0 Å². The Hall–Kier alpha value is -2.89. The predicted molar refractivity (Wildman–Crippen MR) is 146 cm³/mol. The summed E-state index contributed by atoms with van der Waals surface area (Å²) in [4.78, 5) is 15.3. The van der Waals surface area contributed by atoms with Crippen molar-refractivity contribution in [3.8, 4) is 11.1 Å². The van der Waals surface area contributed by atoms with E-state index in [4.69, 9.17) is 4.74 Å². The molecule has 186 valence electrons. The SMILES string of the molecule is C[Si](C)(C)c1cccc(C2(O)CC3CCC(C2)N3C(=O)OCC2c3ccccc3-c3ccccc32)c1. The second-order valence-corrected chi connectivity index (χ2v) is 16.9. The molecule has 2 unspecified atom stereocenters. The number of nitrogens with zero attached hydrogens (tertiary/aromatic N) is 1. The Bertz CT molecular complexity index is 1250. The molecule has 2 fully saturated rings. The van der Waals surface area contributed by atoms with Gasteiger partial charge in [0.15, 0.2) is 0 Å². The average Bonchev–Trinajstić information content (AvgIpc) is 3.34. The average molecular weight is 498 g/mol. The first kappa shape index (κ1) is 23.5. The quantitative estimate of drug-likeness (QED) is 0.450. The molecule has 2 bridgehead atoms. The Kier molecular flexibility index (Phi) is 5.61. The van der Waals surface area contributed by atoms with Gasteiger partial charge in [0, 0.05) is 30.8 Å². The summed E-state index contributed by atoms with van der Waals surface area (Å²) < 4.78 is 6.01. The van der Waals surface area contributed by atoms with Crippen molar-refractivity contribution in [2.75, 3.05) is 6.61 Å². The number of carbonyl (C=O) groups is 1. The molecule has 0 saturated carbocycles. The molecule has 0 aromatic heterocycles. The third-order valence-electron chi connectivity index (χ3n) is 8.58. The molecule has 0 radical (unpaired) electrons. The Balaban J connectivity index is 1.18. The van der Waals surface area contributed by atoms with Crippen LogP contribution in [0.5, 0.6) is 0 Å². The molecule has 2 atom stereocenters. The van der Waals surface area contributed by atoms with Gasteiger partial charge in [0.25, 0.3) is 0 Å². The molecule has 3 aromatic rings. The first-order chi connectivity index (χ1) is 17.2. The Morgan fingerprint density at radius 1 is 0.917 bits per heavy atom. The van der Waals surface area contributed by atoms with Gasteiger partial charge in [0.1, 0.15) is 6.61 Å². The Morgan fingerprint density at radius 3 is 2.08 bits per heavy atom. The van der Waals surface area contributed by atoms with E-state index >= 15 is 0 Å². The van der Waals surface area contributed by atoms with Crippen LogP contribution in [-0.2, 0) is 10.3 Å². The summed E-state index contributed by atoms with van der Waals surface area (Å²) in [5, 5.41) is 13.1. The minimum atomic E-state index is -1.48. The monoisotopic (exact) mass is 497 g/mol. The summed E-state index contributed by atoms with van der Waals surface area (Å²) in [6.07, 6.45) is 2.75. The maximum atomic E-state index is 13.4. The van der Waals surface area contributed by atoms with E-state index in [1.54, 1.807) is 0 Å². The van der Waals surface area contributed by atoms with Crippen LogP contribution in [0.2, 0.25) is 19.6 Å². The van der Waals surface area contributed by atoms with Gasteiger partial charge in [0.2, 0.25) is 0 Å². The number of rotatable bonds is 4. The zero-order chi connectivity index (χ0) is 25.1.